The Labute approximate surface area is 200 Å². The highest BCUT2D eigenvalue weighted by molar-refractivity contribution is 5.86. The lowest BCUT2D eigenvalue weighted by molar-refractivity contribution is 0.243. The number of aromatic amines is 1. The van der Waals surface area contributed by atoms with Gasteiger partial charge in [-0.2, -0.15) is 5.26 Å². The molecule has 0 saturated carbocycles. The van der Waals surface area contributed by atoms with E-state index in [4.69, 9.17) is 16.0 Å². The number of aromatic nitrogens is 4. The van der Waals surface area contributed by atoms with Crippen molar-refractivity contribution in [1.82, 2.24) is 29.7 Å². The topological polar surface area (TPSA) is 114 Å². The van der Waals surface area contributed by atoms with E-state index in [2.05, 4.69) is 48.8 Å². The predicted octanol–water partition coefficient (Wildman–Crippen LogP) is 2.38. The summed E-state index contributed by atoms with van der Waals surface area (Å²) >= 11 is 0. The maximum atomic E-state index is 8.93. The van der Waals surface area contributed by atoms with Crippen molar-refractivity contribution in [2.24, 2.45) is 5.73 Å². The van der Waals surface area contributed by atoms with Crippen LogP contribution in [-0.2, 0) is 13.1 Å². The number of anilines is 1. The van der Waals surface area contributed by atoms with Crippen LogP contribution >= 0.6 is 0 Å². The van der Waals surface area contributed by atoms with Gasteiger partial charge < -0.3 is 20.5 Å². The number of unbranched alkanes of at least 4 members (excludes halogenated alkanes) is 1. The van der Waals surface area contributed by atoms with Crippen LogP contribution in [0.1, 0.15) is 29.9 Å². The first-order chi connectivity index (χ1) is 16.7. The molecule has 9 heteroatoms. The normalized spacial score (nSPS) is 14.9. The second-order valence-corrected chi connectivity index (χ2v) is 8.71. The fraction of sp³-hybridized carbons (Fsp3) is 0.440. The summed E-state index contributed by atoms with van der Waals surface area (Å²) in [5, 5.41) is 8.93. The zero-order chi connectivity index (χ0) is 23.8. The molecule has 1 fully saturated rings. The Balaban J connectivity index is 1.56. The number of hydrogen-bond acceptors (Lipinski definition) is 8. The summed E-state index contributed by atoms with van der Waals surface area (Å²) in [5.74, 6) is 0.891. The standard InChI is InChI=1S/C25H33N9/c1-32-14-16-34(17-15-32)22-8-12-29-25-24(22)30-23(31-25)19-33(13-3-2-9-26)18-21-20(6-4-10-27)7-5-11-28-21/h4-8,11-12H,2-3,9,13-19,26H2,1H3,(H,29,30,31)/b6-4+. The molecule has 9 nitrogen and oxygen atoms in total. The van der Waals surface area contributed by atoms with Crippen LogP contribution in [0.2, 0.25) is 0 Å². The lowest BCUT2D eigenvalue weighted by Crippen LogP contribution is -2.44. The minimum absolute atomic E-state index is 0.654. The van der Waals surface area contributed by atoms with E-state index in [1.54, 1.807) is 6.20 Å². The summed E-state index contributed by atoms with van der Waals surface area (Å²) < 4.78 is 0. The van der Waals surface area contributed by atoms with Gasteiger partial charge in [0.1, 0.15) is 11.3 Å². The van der Waals surface area contributed by atoms with E-state index in [1.165, 1.54) is 11.8 Å². The molecule has 1 aliphatic rings. The molecule has 0 atom stereocenters. The van der Waals surface area contributed by atoms with Crippen LogP contribution in [0.15, 0.2) is 36.7 Å². The van der Waals surface area contributed by atoms with Crippen LogP contribution in [-0.4, -0.2) is 76.1 Å². The van der Waals surface area contributed by atoms with Gasteiger partial charge in [0.05, 0.1) is 24.0 Å². The highest BCUT2D eigenvalue weighted by Gasteiger charge is 2.19. The van der Waals surface area contributed by atoms with Crippen molar-refractivity contribution in [2.45, 2.75) is 25.9 Å². The van der Waals surface area contributed by atoms with Crippen LogP contribution in [0, 0.1) is 11.3 Å². The number of rotatable bonds is 10. The third-order valence-electron chi connectivity index (χ3n) is 6.20. The Hall–Kier alpha value is -3.32. The summed E-state index contributed by atoms with van der Waals surface area (Å²) in [4.78, 5) is 24.6. The average molecular weight is 460 g/mol. The molecule has 4 rings (SSSR count). The van der Waals surface area contributed by atoms with Crippen LogP contribution in [0.5, 0.6) is 0 Å². The van der Waals surface area contributed by atoms with E-state index >= 15 is 0 Å². The first kappa shape index (κ1) is 23.8. The molecule has 3 aromatic rings. The van der Waals surface area contributed by atoms with E-state index < -0.39 is 0 Å². The van der Waals surface area contributed by atoms with Crippen molar-refractivity contribution in [3.05, 3.63) is 53.8 Å². The zero-order valence-corrected chi connectivity index (χ0v) is 19.8. The van der Waals surface area contributed by atoms with Crippen LogP contribution < -0.4 is 10.6 Å². The Morgan fingerprint density at radius 3 is 2.79 bits per heavy atom. The Morgan fingerprint density at radius 2 is 2.00 bits per heavy atom. The highest BCUT2D eigenvalue weighted by Crippen LogP contribution is 2.25. The van der Waals surface area contributed by atoms with Gasteiger partial charge in [-0.1, -0.05) is 6.07 Å². The number of hydrogen-bond donors (Lipinski definition) is 2. The minimum Gasteiger partial charge on any atom is -0.367 e. The summed E-state index contributed by atoms with van der Waals surface area (Å²) in [6, 6.07) is 8.02. The largest absolute Gasteiger partial charge is 0.367 e. The quantitative estimate of drug-likeness (QED) is 0.351. The number of fused-ring (bicyclic) bond motifs is 1. The van der Waals surface area contributed by atoms with Crippen molar-refractivity contribution in [3.8, 4) is 6.07 Å². The number of nitrogens with one attached hydrogen (secondary N) is 1. The molecule has 0 unspecified atom stereocenters. The van der Waals surface area contributed by atoms with Gasteiger partial charge in [0.2, 0.25) is 0 Å². The third-order valence-corrected chi connectivity index (χ3v) is 6.20. The van der Waals surface area contributed by atoms with Gasteiger partial charge in [-0.15, -0.1) is 0 Å². The van der Waals surface area contributed by atoms with Gasteiger partial charge in [-0.05, 0) is 56.8 Å². The summed E-state index contributed by atoms with van der Waals surface area (Å²) in [6.45, 7) is 6.95. The number of nitrogens with zero attached hydrogens (tertiary/aromatic N) is 7. The molecule has 0 bridgehead atoms. The number of nitrogens with two attached hydrogens (primary N) is 1. The minimum atomic E-state index is 0.654. The molecular formula is C25H33N9. The first-order valence-electron chi connectivity index (χ1n) is 11.9. The third kappa shape index (κ3) is 5.97. The van der Waals surface area contributed by atoms with Crippen molar-refractivity contribution in [2.75, 3.05) is 51.2 Å². The van der Waals surface area contributed by atoms with Gasteiger partial charge >= 0.3 is 0 Å². The number of nitriles is 1. The van der Waals surface area contributed by atoms with Crippen LogP contribution in [0.25, 0.3) is 17.2 Å². The van der Waals surface area contributed by atoms with Crippen molar-refractivity contribution < 1.29 is 0 Å². The molecule has 0 radical (unpaired) electrons. The Morgan fingerprint density at radius 1 is 1.15 bits per heavy atom. The maximum absolute atomic E-state index is 8.93. The molecule has 1 aliphatic heterocycles. The number of piperazine rings is 1. The summed E-state index contributed by atoms with van der Waals surface area (Å²) in [6.07, 6.45) is 8.91. The molecule has 3 aromatic heterocycles. The number of H-pyrrole nitrogens is 1. The number of allylic oxidation sites excluding steroid dienone is 1. The fourth-order valence-corrected chi connectivity index (χ4v) is 4.31. The van der Waals surface area contributed by atoms with Crippen molar-refractivity contribution >= 4 is 22.9 Å². The van der Waals surface area contributed by atoms with Crippen molar-refractivity contribution in [3.63, 3.8) is 0 Å². The molecule has 178 valence electrons. The molecule has 0 amide bonds. The second-order valence-electron chi connectivity index (χ2n) is 8.71. The van der Waals surface area contributed by atoms with Gasteiger partial charge in [0.15, 0.2) is 5.65 Å². The molecule has 0 aliphatic carbocycles. The SMILES string of the molecule is CN1CCN(c2ccnc3nc(CN(CCCCN)Cc4ncccc4/C=C/C#N)[nH]c23)CC1. The average Bonchev–Trinajstić information content (AvgIpc) is 3.27. The smallest absolute Gasteiger partial charge is 0.179 e. The second kappa shape index (κ2) is 11.7. The van der Waals surface area contributed by atoms with E-state index in [0.717, 1.165) is 73.8 Å². The van der Waals surface area contributed by atoms with E-state index in [9.17, 15) is 0 Å². The molecule has 34 heavy (non-hydrogen) atoms. The number of pyridine rings is 2. The van der Waals surface area contributed by atoms with Gasteiger partial charge in [0, 0.05) is 51.2 Å². The lowest BCUT2D eigenvalue weighted by atomic mass is 10.1. The molecular weight excluding hydrogens is 426 g/mol. The first-order valence-corrected chi connectivity index (χ1v) is 11.9. The molecule has 4 heterocycles. The molecule has 3 N–H and O–H groups in total. The Kier molecular flexibility index (Phi) is 8.20. The molecule has 1 saturated heterocycles. The number of likely N-dealkylation sites (N-methyl/N-ethyl adjacent to an activating group) is 1. The van der Waals surface area contributed by atoms with Gasteiger partial charge in [0.25, 0.3) is 0 Å². The number of imidazole rings is 1. The molecule has 0 spiro atoms. The Bertz CT molecular complexity index is 1140. The van der Waals surface area contributed by atoms with Crippen molar-refractivity contribution in [1.29, 1.82) is 5.26 Å². The molecule has 0 aromatic carbocycles. The summed E-state index contributed by atoms with van der Waals surface area (Å²) in [5.41, 5.74) is 10.6. The monoisotopic (exact) mass is 459 g/mol. The predicted molar refractivity (Wildman–Crippen MR) is 135 cm³/mol. The lowest BCUT2D eigenvalue weighted by Gasteiger charge is -2.34. The van der Waals surface area contributed by atoms with Gasteiger partial charge in [-0.3, -0.25) is 9.88 Å². The summed E-state index contributed by atoms with van der Waals surface area (Å²) in [7, 11) is 2.16. The van der Waals surface area contributed by atoms with E-state index in [0.29, 0.717) is 19.6 Å². The van der Waals surface area contributed by atoms with E-state index in [1.807, 2.05) is 24.4 Å². The fourth-order valence-electron chi connectivity index (χ4n) is 4.31. The van der Waals surface area contributed by atoms with Gasteiger partial charge in [-0.25, -0.2) is 9.97 Å². The van der Waals surface area contributed by atoms with Crippen LogP contribution in [0.4, 0.5) is 5.69 Å². The maximum Gasteiger partial charge on any atom is 0.179 e. The van der Waals surface area contributed by atoms with E-state index in [-0.39, 0.29) is 0 Å². The highest BCUT2D eigenvalue weighted by atomic mass is 15.3. The zero-order valence-electron chi connectivity index (χ0n) is 19.8. The van der Waals surface area contributed by atoms with Crippen LogP contribution in [0.3, 0.4) is 0 Å².